The SMILES string of the molecule is C[C@]12CCC(=O)C(Cl)=C1CC[C@@H]1[C@@H]2CC[C@@]2(C)[C@H]1CC[C@]2(C)O. The van der Waals surface area contributed by atoms with Crippen LogP contribution in [0.2, 0.25) is 0 Å². The minimum Gasteiger partial charge on any atom is -0.390 e. The van der Waals surface area contributed by atoms with E-state index in [4.69, 9.17) is 11.6 Å². The van der Waals surface area contributed by atoms with E-state index in [-0.39, 0.29) is 16.6 Å². The Morgan fingerprint density at radius 1 is 1.00 bits per heavy atom. The Kier molecular flexibility index (Phi) is 3.40. The molecular formula is C20H29ClO2. The van der Waals surface area contributed by atoms with E-state index in [9.17, 15) is 9.90 Å². The minimum absolute atomic E-state index is 0.0695. The number of aliphatic hydroxyl groups is 1. The molecule has 0 radical (unpaired) electrons. The molecule has 0 aromatic heterocycles. The predicted octanol–water partition coefficient (Wildman–Crippen LogP) is 4.84. The van der Waals surface area contributed by atoms with Gasteiger partial charge in [-0.3, -0.25) is 4.79 Å². The minimum atomic E-state index is -0.514. The van der Waals surface area contributed by atoms with Gasteiger partial charge in [0.15, 0.2) is 5.78 Å². The molecule has 0 aromatic carbocycles. The summed E-state index contributed by atoms with van der Waals surface area (Å²) in [7, 11) is 0. The number of hydrogen-bond donors (Lipinski definition) is 1. The number of rotatable bonds is 0. The molecule has 1 N–H and O–H groups in total. The number of carbonyl (C=O) groups excluding carboxylic acids is 1. The second-order valence-electron chi connectivity index (χ2n) is 9.32. The Bertz CT molecular complexity index is 592. The van der Waals surface area contributed by atoms with Crippen molar-refractivity contribution in [2.75, 3.05) is 0 Å². The van der Waals surface area contributed by atoms with Crippen molar-refractivity contribution in [3.05, 3.63) is 10.6 Å². The largest absolute Gasteiger partial charge is 0.390 e. The van der Waals surface area contributed by atoms with E-state index in [1.165, 1.54) is 12.0 Å². The van der Waals surface area contributed by atoms with E-state index in [1.807, 2.05) is 0 Å². The standard InChI is InChI=1S/C20H29ClO2/c1-18-9-8-16(22)17(21)15(18)5-4-12-13(18)6-10-19(2)14(12)7-11-20(19,3)23/h12-14,23H,4-11H2,1-3H3/t12-,13+,14+,18-,19+,20+/m1/s1. The van der Waals surface area contributed by atoms with Crippen LogP contribution in [0.4, 0.5) is 0 Å². The molecule has 3 saturated carbocycles. The van der Waals surface area contributed by atoms with Crippen molar-refractivity contribution >= 4 is 17.4 Å². The molecular weight excluding hydrogens is 308 g/mol. The fourth-order valence-electron chi connectivity index (χ4n) is 6.89. The maximum absolute atomic E-state index is 12.0. The first-order chi connectivity index (χ1) is 10.7. The quantitative estimate of drug-likeness (QED) is 0.687. The highest BCUT2D eigenvalue weighted by molar-refractivity contribution is 6.43. The summed E-state index contributed by atoms with van der Waals surface area (Å²) in [6.07, 6.45) is 8.10. The lowest BCUT2D eigenvalue weighted by atomic mass is 9.46. The molecule has 3 fully saturated rings. The average molecular weight is 337 g/mol. The third-order valence-electron chi connectivity index (χ3n) is 8.62. The molecule has 0 spiro atoms. The molecule has 0 aliphatic heterocycles. The Morgan fingerprint density at radius 3 is 2.43 bits per heavy atom. The van der Waals surface area contributed by atoms with Crippen molar-refractivity contribution in [1.29, 1.82) is 0 Å². The zero-order valence-electron chi connectivity index (χ0n) is 14.6. The molecule has 0 saturated heterocycles. The highest BCUT2D eigenvalue weighted by atomic mass is 35.5. The summed E-state index contributed by atoms with van der Waals surface area (Å²) < 4.78 is 0. The topological polar surface area (TPSA) is 37.3 Å². The molecule has 0 amide bonds. The number of carbonyl (C=O) groups is 1. The third kappa shape index (κ3) is 1.94. The monoisotopic (exact) mass is 336 g/mol. The van der Waals surface area contributed by atoms with Crippen LogP contribution < -0.4 is 0 Å². The first kappa shape index (κ1) is 16.1. The normalized spacial score (nSPS) is 52.9. The number of allylic oxidation sites excluding steroid dienone is 1. The van der Waals surface area contributed by atoms with Crippen LogP contribution in [0.5, 0.6) is 0 Å². The van der Waals surface area contributed by atoms with Gasteiger partial charge in [0.2, 0.25) is 0 Å². The van der Waals surface area contributed by atoms with Crippen molar-refractivity contribution in [2.45, 2.75) is 77.7 Å². The molecule has 23 heavy (non-hydrogen) atoms. The lowest BCUT2D eigenvalue weighted by Crippen LogP contribution is -2.54. The smallest absolute Gasteiger partial charge is 0.174 e. The summed E-state index contributed by atoms with van der Waals surface area (Å²) in [4.78, 5) is 12.0. The molecule has 2 nitrogen and oxygen atoms in total. The fraction of sp³-hybridized carbons (Fsp3) is 0.850. The molecule has 0 heterocycles. The van der Waals surface area contributed by atoms with Gasteiger partial charge in [0.05, 0.1) is 10.6 Å². The van der Waals surface area contributed by atoms with Crippen LogP contribution in [0.15, 0.2) is 10.6 Å². The van der Waals surface area contributed by atoms with Crippen molar-refractivity contribution in [3.8, 4) is 0 Å². The van der Waals surface area contributed by atoms with E-state index in [0.29, 0.717) is 29.2 Å². The lowest BCUT2D eigenvalue weighted by Gasteiger charge is -2.59. The summed E-state index contributed by atoms with van der Waals surface area (Å²) in [5.41, 5.74) is 0.925. The van der Waals surface area contributed by atoms with Gasteiger partial charge in [0, 0.05) is 6.42 Å². The maximum atomic E-state index is 12.0. The number of ketones is 1. The van der Waals surface area contributed by atoms with Crippen LogP contribution in [-0.4, -0.2) is 16.5 Å². The van der Waals surface area contributed by atoms with Gasteiger partial charge in [-0.1, -0.05) is 25.4 Å². The Labute approximate surface area is 144 Å². The van der Waals surface area contributed by atoms with Crippen LogP contribution in [0, 0.1) is 28.6 Å². The molecule has 128 valence electrons. The second-order valence-corrected chi connectivity index (χ2v) is 9.70. The summed E-state index contributed by atoms with van der Waals surface area (Å²) in [5.74, 6) is 2.11. The predicted molar refractivity (Wildman–Crippen MR) is 92.1 cm³/mol. The fourth-order valence-corrected chi connectivity index (χ4v) is 7.30. The Hall–Kier alpha value is -0.340. The third-order valence-corrected chi connectivity index (χ3v) is 9.05. The molecule has 4 rings (SSSR count). The molecule has 6 atom stereocenters. The van der Waals surface area contributed by atoms with Crippen molar-refractivity contribution in [3.63, 3.8) is 0 Å². The van der Waals surface area contributed by atoms with E-state index in [1.54, 1.807) is 0 Å². The Balaban J connectivity index is 1.72. The molecule has 4 aliphatic carbocycles. The first-order valence-electron chi connectivity index (χ1n) is 9.35. The van der Waals surface area contributed by atoms with Crippen molar-refractivity contribution < 1.29 is 9.90 Å². The van der Waals surface area contributed by atoms with Crippen LogP contribution in [-0.2, 0) is 4.79 Å². The summed E-state index contributed by atoms with van der Waals surface area (Å²) in [6.45, 7) is 6.75. The van der Waals surface area contributed by atoms with E-state index < -0.39 is 5.60 Å². The second kappa shape index (κ2) is 4.85. The number of fused-ring (bicyclic) bond motifs is 5. The van der Waals surface area contributed by atoms with E-state index in [2.05, 4.69) is 20.8 Å². The number of hydrogen-bond acceptors (Lipinski definition) is 2. The van der Waals surface area contributed by atoms with Crippen LogP contribution in [0.3, 0.4) is 0 Å². The molecule has 4 aliphatic rings. The van der Waals surface area contributed by atoms with E-state index >= 15 is 0 Å². The van der Waals surface area contributed by atoms with Gasteiger partial charge in [0.1, 0.15) is 0 Å². The lowest BCUT2D eigenvalue weighted by molar-refractivity contribution is -0.124. The highest BCUT2D eigenvalue weighted by Crippen LogP contribution is 2.67. The first-order valence-corrected chi connectivity index (χ1v) is 9.73. The molecule has 0 aromatic rings. The van der Waals surface area contributed by atoms with Crippen LogP contribution >= 0.6 is 11.6 Å². The highest BCUT2D eigenvalue weighted by Gasteiger charge is 2.62. The maximum Gasteiger partial charge on any atom is 0.174 e. The van der Waals surface area contributed by atoms with E-state index in [0.717, 1.165) is 38.5 Å². The van der Waals surface area contributed by atoms with Gasteiger partial charge in [-0.2, -0.15) is 0 Å². The van der Waals surface area contributed by atoms with Gasteiger partial charge in [-0.25, -0.2) is 0 Å². The van der Waals surface area contributed by atoms with Gasteiger partial charge in [0.25, 0.3) is 0 Å². The van der Waals surface area contributed by atoms with Crippen LogP contribution in [0.25, 0.3) is 0 Å². The molecule has 0 bridgehead atoms. The van der Waals surface area contributed by atoms with Crippen LogP contribution in [0.1, 0.15) is 72.1 Å². The average Bonchev–Trinajstić information content (AvgIpc) is 2.74. The zero-order valence-corrected chi connectivity index (χ0v) is 15.4. The molecule has 3 heteroatoms. The summed E-state index contributed by atoms with van der Waals surface area (Å²) in [6, 6.07) is 0. The van der Waals surface area contributed by atoms with Crippen molar-refractivity contribution in [1.82, 2.24) is 0 Å². The van der Waals surface area contributed by atoms with Gasteiger partial charge in [-0.05, 0) is 86.0 Å². The number of halogens is 1. The van der Waals surface area contributed by atoms with Gasteiger partial charge < -0.3 is 5.11 Å². The zero-order chi connectivity index (χ0) is 16.6. The van der Waals surface area contributed by atoms with Gasteiger partial charge >= 0.3 is 0 Å². The van der Waals surface area contributed by atoms with Gasteiger partial charge in [-0.15, -0.1) is 0 Å². The summed E-state index contributed by atoms with van der Waals surface area (Å²) in [5, 5.41) is 11.5. The molecule has 0 unspecified atom stereocenters. The Morgan fingerprint density at radius 2 is 1.70 bits per heavy atom. The summed E-state index contributed by atoms with van der Waals surface area (Å²) >= 11 is 6.44. The van der Waals surface area contributed by atoms with Crippen molar-refractivity contribution in [2.24, 2.45) is 28.6 Å². The number of Topliss-reactive ketones (excluding diaryl/α,β-unsaturated/α-hetero) is 1.